The molecule has 3 nitrogen and oxygen atoms in total. The van der Waals surface area contributed by atoms with Crippen molar-refractivity contribution in [2.24, 2.45) is 0 Å². The van der Waals surface area contributed by atoms with Crippen molar-refractivity contribution in [3.8, 4) is 0 Å². The Morgan fingerprint density at radius 3 is 1.91 bits per heavy atom. The molecule has 0 unspecified atom stereocenters. The second-order valence-electron chi connectivity index (χ2n) is 2.34. The molecule has 0 rings (SSSR count). The van der Waals surface area contributed by atoms with Crippen molar-refractivity contribution in [3.63, 3.8) is 0 Å². The van der Waals surface area contributed by atoms with Gasteiger partial charge in [-0.25, -0.2) is 0 Å². The number of ether oxygens (including phenoxy) is 1. The zero-order chi connectivity index (χ0) is 9.28. The highest BCUT2D eigenvalue weighted by atomic mass is 16.5. The summed E-state index contributed by atoms with van der Waals surface area (Å²) in [6.45, 7) is 7.48. The number of carbonyl (C=O) groups is 2. The van der Waals surface area contributed by atoms with Crippen molar-refractivity contribution in [1.29, 1.82) is 0 Å². The van der Waals surface area contributed by atoms with Crippen LogP contribution in [0.2, 0.25) is 0 Å². The maximum absolute atomic E-state index is 9.81. The van der Waals surface area contributed by atoms with Gasteiger partial charge in [0.05, 0.1) is 6.10 Å². The van der Waals surface area contributed by atoms with Crippen LogP contribution in [0, 0.1) is 0 Å². The van der Waals surface area contributed by atoms with Crippen LogP contribution in [0.4, 0.5) is 0 Å². The van der Waals surface area contributed by atoms with Crippen LogP contribution >= 0.6 is 0 Å². The lowest BCUT2D eigenvalue weighted by atomic mass is 10.4. The smallest absolute Gasteiger partial charge is 0.293 e. The summed E-state index contributed by atoms with van der Waals surface area (Å²) in [5.41, 5.74) is 0. The van der Waals surface area contributed by atoms with Gasteiger partial charge in [0, 0.05) is 6.42 Å². The number of hydrogen-bond donors (Lipinski definition) is 0. The molecule has 0 heterocycles. The first kappa shape index (κ1) is 12.8. The lowest BCUT2D eigenvalue weighted by Crippen LogP contribution is -1.98. The summed E-state index contributed by atoms with van der Waals surface area (Å²) >= 11 is 0. The third kappa shape index (κ3) is 27.2. The second kappa shape index (κ2) is 9.14. The zero-order valence-corrected chi connectivity index (χ0v) is 7.59. The average molecular weight is 160 g/mol. The van der Waals surface area contributed by atoms with E-state index < -0.39 is 0 Å². The van der Waals surface area contributed by atoms with E-state index in [0.29, 0.717) is 12.9 Å². The molecule has 0 aromatic carbocycles. The lowest BCUT2D eigenvalue weighted by molar-refractivity contribution is -0.132. The minimum absolute atomic E-state index is 0.0301. The fraction of sp³-hybridized carbons (Fsp3) is 0.750. The van der Waals surface area contributed by atoms with Crippen molar-refractivity contribution < 1.29 is 14.3 Å². The maximum Gasteiger partial charge on any atom is 0.293 e. The molecule has 0 aromatic rings. The van der Waals surface area contributed by atoms with Crippen LogP contribution in [0.3, 0.4) is 0 Å². The molecule has 0 fully saturated rings. The van der Waals surface area contributed by atoms with E-state index >= 15 is 0 Å². The van der Waals surface area contributed by atoms with E-state index in [0.717, 1.165) is 0 Å². The SMILES string of the molecule is CC(C)OC=O.CCC(C)=O. The van der Waals surface area contributed by atoms with Crippen molar-refractivity contribution in [3.05, 3.63) is 0 Å². The van der Waals surface area contributed by atoms with Gasteiger partial charge in [0.25, 0.3) is 6.47 Å². The number of Topliss-reactive ketones (excluding diaryl/α,β-unsaturated/α-hetero) is 1. The van der Waals surface area contributed by atoms with E-state index in [1.54, 1.807) is 20.8 Å². The molecular weight excluding hydrogens is 144 g/mol. The summed E-state index contributed by atoms with van der Waals surface area (Å²) in [6, 6.07) is 0. The normalized spacial score (nSPS) is 8.09. The molecule has 0 spiro atoms. The predicted molar refractivity (Wildman–Crippen MR) is 43.3 cm³/mol. The van der Waals surface area contributed by atoms with Crippen LogP contribution in [-0.4, -0.2) is 18.4 Å². The fourth-order valence-electron chi connectivity index (χ4n) is 0.111. The van der Waals surface area contributed by atoms with E-state index in [-0.39, 0.29) is 11.9 Å². The van der Waals surface area contributed by atoms with Gasteiger partial charge in [-0.05, 0) is 20.8 Å². The Balaban J connectivity index is 0. The van der Waals surface area contributed by atoms with Gasteiger partial charge in [0.2, 0.25) is 0 Å². The molecule has 0 aliphatic heterocycles. The molecule has 0 radical (unpaired) electrons. The van der Waals surface area contributed by atoms with Gasteiger partial charge >= 0.3 is 0 Å². The van der Waals surface area contributed by atoms with E-state index in [1.807, 2.05) is 6.92 Å². The van der Waals surface area contributed by atoms with Gasteiger partial charge in [-0.1, -0.05) is 6.92 Å². The standard InChI is InChI=1S/C4H8O2.C4H8O/c1-4(2)6-3-5;1-3-4(2)5/h3-4H,1-2H3;3H2,1-2H3. The quantitative estimate of drug-likeness (QED) is 0.588. The van der Waals surface area contributed by atoms with E-state index in [9.17, 15) is 9.59 Å². The molecule has 66 valence electrons. The third-order valence-corrected chi connectivity index (χ3v) is 0.826. The van der Waals surface area contributed by atoms with Crippen molar-refractivity contribution in [2.75, 3.05) is 0 Å². The third-order valence-electron chi connectivity index (χ3n) is 0.826. The summed E-state index contributed by atoms with van der Waals surface area (Å²) < 4.78 is 4.36. The molecular formula is C8H16O3. The Morgan fingerprint density at radius 2 is 1.91 bits per heavy atom. The lowest BCUT2D eigenvalue weighted by Gasteiger charge is -1.96. The van der Waals surface area contributed by atoms with Gasteiger partial charge < -0.3 is 9.53 Å². The van der Waals surface area contributed by atoms with Crippen LogP contribution in [0.25, 0.3) is 0 Å². The first-order chi connectivity index (χ1) is 5.04. The molecule has 0 aliphatic carbocycles. The van der Waals surface area contributed by atoms with Crippen LogP contribution in [0.5, 0.6) is 0 Å². The van der Waals surface area contributed by atoms with Crippen LogP contribution in [-0.2, 0) is 14.3 Å². The van der Waals surface area contributed by atoms with Gasteiger partial charge in [-0.15, -0.1) is 0 Å². The van der Waals surface area contributed by atoms with Crippen molar-refractivity contribution in [2.45, 2.75) is 40.2 Å². The molecule has 3 heteroatoms. The summed E-state index contributed by atoms with van der Waals surface area (Å²) in [4.78, 5) is 19.2. The van der Waals surface area contributed by atoms with Crippen LogP contribution < -0.4 is 0 Å². The molecule has 0 aliphatic rings. The fourth-order valence-corrected chi connectivity index (χ4v) is 0.111. The minimum atomic E-state index is 0.0301. The summed E-state index contributed by atoms with van der Waals surface area (Å²) in [5.74, 6) is 0.255. The average Bonchev–Trinajstić information content (AvgIpc) is 1.89. The van der Waals surface area contributed by atoms with Gasteiger partial charge in [0.1, 0.15) is 5.78 Å². The molecule has 0 bridgehead atoms. The second-order valence-corrected chi connectivity index (χ2v) is 2.34. The van der Waals surface area contributed by atoms with Crippen molar-refractivity contribution in [1.82, 2.24) is 0 Å². The topological polar surface area (TPSA) is 43.4 Å². The highest BCUT2D eigenvalue weighted by Crippen LogP contribution is 1.79. The molecule has 0 aromatic heterocycles. The number of rotatable bonds is 3. The van der Waals surface area contributed by atoms with E-state index in [1.165, 1.54) is 0 Å². The number of hydrogen-bond acceptors (Lipinski definition) is 3. The highest BCUT2D eigenvalue weighted by Gasteiger charge is 1.83. The number of carbonyl (C=O) groups excluding carboxylic acids is 2. The molecule has 0 saturated carbocycles. The molecule has 0 saturated heterocycles. The summed E-state index contributed by atoms with van der Waals surface area (Å²) in [6.07, 6.45) is 0.697. The maximum atomic E-state index is 9.81. The largest absolute Gasteiger partial charge is 0.465 e. The van der Waals surface area contributed by atoms with Crippen LogP contribution in [0.15, 0.2) is 0 Å². The van der Waals surface area contributed by atoms with Gasteiger partial charge in [-0.2, -0.15) is 0 Å². The summed E-state index contributed by atoms with van der Waals surface area (Å²) in [5, 5.41) is 0. The Hall–Kier alpha value is -0.860. The minimum Gasteiger partial charge on any atom is -0.465 e. The molecule has 0 atom stereocenters. The Bertz CT molecular complexity index is 108. The first-order valence-electron chi connectivity index (χ1n) is 3.63. The van der Waals surface area contributed by atoms with E-state index in [4.69, 9.17) is 0 Å². The highest BCUT2D eigenvalue weighted by molar-refractivity contribution is 5.74. The molecule has 11 heavy (non-hydrogen) atoms. The number of ketones is 1. The first-order valence-corrected chi connectivity index (χ1v) is 3.63. The van der Waals surface area contributed by atoms with Gasteiger partial charge in [-0.3, -0.25) is 4.79 Å². The Morgan fingerprint density at radius 1 is 1.55 bits per heavy atom. The predicted octanol–water partition coefficient (Wildman–Crippen LogP) is 1.55. The Kier molecular flexibility index (Phi) is 10.6. The van der Waals surface area contributed by atoms with Gasteiger partial charge in [0.15, 0.2) is 0 Å². The zero-order valence-electron chi connectivity index (χ0n) is 7.59. The summed E-state index contributed by atoms with van der Waals surface area (Å²) in [7, 11) is 0. The van der Waals surface area contributed by atoms with E-state index in [2.05, 4.69) is 4.74 Å². The van der Waals surface area contributed by atoms with Crippen molar-refractivity contribution >= 4 is 12.3 Å². The Labute approximate surface area is 67.7 Å². The molecule has 0 amide bonds. The molecule has 0 N–H and O–H groups in total. The monoisotopic (exact) mass is 160 g/mol. The van der Waals surface area contributed by atoms with Crippen LogP contribution in [0.1, 0.15) is 34.1 Å².